The van der Waals surface area contributed by atoms with Gasteiger partial charge in [0.25, 0.3) is 0 Å². The third-order valence-electron chi connectivity index (χ3n) is 3.84. The molecule has 1 saturated carbocycles. The SMILES string of the molecule is C#CCOc1ccccc1CNCC1CCC(C)C1. The predicted molar refractivity (Wildman–Crippen MR) is 79.0 cm³/mol. The van der Waals surface area contributed by atoms with Crippen LogP contribution in [-0.2, 0) is 6.54 Å². The molecule has 0 bridgehead atoms. The molecule has 0 spiro atoms. The van der Waals surface area contributed by atoms with Crippen molar-refractivity contribution in [2.45, 2.75) is 32.7 Å². The molecule has 2 heteroatoms. The van der Waals surface area contributed by atoms with E-state index in [-0.39, 0.29) is 0 Å². The van der Waals surface area contributed by atoms with Gasteiger partial charge in [0.15, 0.2) is 0 Å². The van der Waals surface area contributed by atoms with E-state index >= 15 is 0 Å². The molecule has 2 nitrogen and oxygen atoms in total. The summed E-state index contributed by atoms with van der Waals surface area (Å²) in [5.74, 6) is 5.14. The van der Waals surface area contributed by atoms with Crippen LogP contribution < -0.4 is 10.1 Å². The van der Waals surface area contributed by atoms with Crippen LogP contribution in [0.2, 0.25) is 0 Å². The van der Waals surface area contributed by atoms with Crippen LogP contribution in [0.3, 0.4) is 0 Å². The molecular formula is C17H23NO. The molecule has 1 aliphatic carbocycles. The van der Waals surface area contributed by atoms with Crippen molar-refractivity contribution in [1.82, 2.24) is 5.32 Å². The third-order valence-corrected chi connectivity index (χ3v) is 3.84. The third kappa shape index (κ3) is 4.29. The minimum absolute atomic E-state index is 0.331. The molecule has 1 aromatic carbocycles. The van der Waals surface area contributed by atoms with Gasteiger partial charge in [-0.15, -0.1) is 6.42 Å². The number of terminal acetylenes is 1. The molecule has 1 aliphatic rings. The van der Waals surface area contributed by atoms with E-state index in [1.54, 1.807) is 0 Å². The van der Waals surface area contributed by atoms with E-state index in [1.165, 1.54) is 24.8 Å². The molecule has 0 aromatic heterocycles. The van der Waals surface area contributed by atoms with Crippen molar-refractivity contribution >= 4 is 0 Å². The van der Waals surface area contributed by atoms with Gasteiger partial charge in [0, 0.05) is 12.1 Å². The Bertz CT molecular complexity index is 435. The normalized spacial score (nSPS) is 22.1. The summed E-state index contributed by atoms with van der Waals surface area (Å²) in [7, 11) is 0. The minimum Gasteiger partial charge on any atom is -0.481 e. The first-order valence-electron chi connectivity index (χ1n) is 7.14. The van der Waals surface area contributed by atoms with E-state index in [4.69, 9.17) is 11.2 Å². The van der Waals surface area contributed by atoms with Gasteiger partial charge in [-0.05, 0) is 37.3 Å². The van der Waals surface area contributed by atoms with Crippen LogP contribution >= 0.6 is 0 Å². The van der Waals surface area contributed by atoms with Gasteiger partial charge in [-0.3, -0.25) is 0 Å². The molecule has 1 N–H and O–H groups in total. The average molecular weight is 257 g/mol. The van der Waals surface area contributed by atoms with Crippen LogP contribution in [0.25, 0.3) is 0 Å². The van der Waals surface area contributed by atoms with Crippen LogP contribution in [-0.4, -0.2) is 13.2 Å². The summed E-state index contributed by atoms with van der Waals surface area (Å²) in [5.41, 5.74) is 1.18. The second-order valence-corrected chi connectivity index (χ2v) is 5.52. The average Bonchev–Trinajstić information content (AvgIpc) is 2.83. The first kappa shape index (κ1) is 14.0. The Kier molecular flexibility index (Phi) is 5.30. The lowest BCUT2D eigenvalue weighted by Gasteiger charge is -2.13. The lowest BCUT2D eigenvalue weighted by Crippen LogP contribution is -2.21. The highest BCUT2D eigenvalue weighted by Crippen LogP contribution is 2.29. The standard InChI is InChI=1S/C17H23NO/c1-3-10-19-17-7-5-4-6-16(17)13-18-12-15-9-8-14(2)11-15/h1,4-7,14-15,18H,8-13H2,2H3. The maximum atomic E-state index is 5.55. The molecular weight excluding hydrogens is 234 g/mol. The lowest BCUT2D eigenvalue weighted by molar-refractivity contribution is 0.363. The second-order valence-electron chi connectivity index (χ2n) is 5.52. The summed E-state index contributed by atoms with van der Waals surface area (Å²) in [6, 6.07) is 8.09. The van der Waals surface area contributed by atoms with Gasteiger partial charge in [-0.2, -0.15) is 0 Å². The zero-order valence-electron chi connectivity index (χ0n) is 11.7. The monoisotopic (exact) mass is 257 g/mol. The van der Waals surface area contributed by atoms with Crippen LogP contribution in [0.5, 0.6) is 5.75 Å². The molecule has 0 saturated heterocycles. The summed E-state index contributed by atoms with van der Waals surface area (Å²) in [6.45, 7) is 4.64. The Morgan fingerprint density at radius 1 is 1.37 bits per heavy atom. The van der Waals surface area contributed by atoms with E-state index in [2.05, 4.69) is 24.2 Å². The van der Waals surface area contributed by atoms with E-state index in [9.17, 15) is 0 Å². The molecule has 0 amide bonds. The highest BCUT2D eigenvalue weighted by molar-refractivity contribution is 5.33. The van der Waals surface area contributed by atoms with Crippen molar-refractivity contribution in [3.05, 3.63) is 29.8 Å². The summed E-state index contributed by atoms with van der Waals surface area (Å²) in [4.78, 5) is 0. The van der Waals surface area contributed by atoms with Gasteiger partial charge >= 0.3 is 0 Å². The van der Waals surface area contributed by atoms with Crippen molar-refractivity contribution in [3.8, 4) is 18.1 Å². The van der Waals surface area contributed by atoms with E-state index in [0.29, 0.717) is 6.61 Å². The summed E-state index contributed by atoms with van der Waals surface area (Å²) in [6.07, 6.45) is 9.34. The number of hydrogen-bond donors (Lipinski definition) is 1. The van der Waals surface area contributed by atoms with E-state index in [1.807, 2.05) is 18.2 Å². The van der Waals surface area contributed by atoms with Crippen molar-refractivity contribution < 1.29 is 4.74 Å². The molecule has 102 valence electrons. The minimum atomic E-state index is 0.331. The molecule has 1 fully saturated rings. The first-order chi connectivity index (χ1) is 9.29. The highest BCUT2D eigenvalue weighted by Gasteiger charge is 2.20. The second kappa shape index (κ2) is 7.21. The van der Waals surface area contributed by atoms with Gasteiger partial charge in [0.1, 0.15) is 12.4 Å². The van der Waals surface area contributed by atoms with Crippen LogP contribution in [0.15, 0.2) is 24.3 Å². The number of benzene rings is 1. The summed E-state index contributed by atoms with van der Waals surface area (Å²) < 4.78 is 5.55. The number of para-hydroxylation sites is 1. The Morgan fingerprint density at radius 2 is 2.21 bits per heavy atom. The van der Waals surface area contributed by atoms with Crippen LogP contribution in [0.1, 0.15) is 31.7 Å². The number of rotatable bonds is 6. The van der Waals surface area contributed by atoms with E-state index < -0.39 is 0 Å². The Hall–Kier alpha value is -1.46. The zero-order valence-corrected chi connectivity index (χ0v) is 11.7. The fourth-order valence-corrected chi connectivity index (χ4v) is 2.83. The maximum Gasteiger partial charge on any atom is 0.148 e. The van der Waals surface area contributed by atoms with Crippen molar-refractivity contribution in [3.63, 3.8) is 0 Å². The van der Waals surface area contributed by atoms with Crippen molar-refractivity contribution in [2.24, 2.45) is 11.8 Å². The smallest absolute Gasteiger partial charge is 0.148 e. The van der Waals surface area contributed by atoms with Gasteiger partial charge in [0.2, 0.25) is 0 Å². The van der Waals surface area contributed by atoms with Crippen molar-refractivity contribution in [2.75, 3.05) is 13.2 Å². The molecule has 2 unspecified atom stereocenters. The predicted octanol–water partition coefficient (Wildman–Crippen LogP) is 3.22. The van der Waals surface area contributed by atoms with Gasteiger partial charge in [0.05, 0.1) is 0 Å². The van der Waals surface area contributed by atoms with Crippen molar-refractivity contribution in [1.29, 1.82) is 0 Å². The molecule has 0 heterocycles. The fraction of sp³-hybridized carbons (Fsp3) is 0.529. The first-order valence-corrected chi connectivity index (χ1v) is 7.14. The summed E-state index contributed by atoms with van der Waals surface area (Å²) >= 11 is 0. The largest absolute Gasteiger partial charge is 0.481 e. The Morgan fingerprint density at radius 3 is 2.95 bits per heavy atom. The molecule has 19 heavy (non-hydrogen) atoms. The maximum absolute atomic E-state index is 5.55. The Balaban J connectivity index is 1.80. The molecule has 1 aromatic rings. The zero-order chi connectivity index (χ0) is 13.5. The summed E-state index contributed by atoms with van der Waals surface area (Å²) in [5, 5.41) is 3.55. The Labute approximate surface area is 116 Å². The van der Waals surface area contributed by atoms with Crippen LogP contribution in [0.4, 0.5) is 0 Å². The molecule has 2 atom stereocenters. The van der Waals surface area contributed by atoms with Gasteiger partial charge in [-0.25, -0.2) is 0 Å². The number of ether oxygens (including phenoxy) is 1. The fourth-order valence-electron chi connectivity index (χ4n) is 2.83. The van der Waals surface area contributed by atoms with Crippen LogP contribution in [0, 0.1) is 24.2 Å². The number of nitrogens with one attached hydrogen (secondary N) is 1. The van der Waals surface area contributed by atoms with E-state index in [0.717, 1.165) is 30.7 Å². The highest BCUT2D eigenvalue weighted by atomic mass is 16.5. The quantitative estimate of drug-likeness (QED) is 0.790. The molecule has 2 rings (SSSR count). The molecule has 0 radical (unpaired) electrons. The van der Waals surface area contributed by atoms with Gasteiger partial charge < -0.3 is 10.1 Å². The van der Waals surface area contributed by atoms with Gasteiger partial charge in [-0.1, -0.05) is 37.5 Å². The molecule has 0 aliphatic heterocycles. The topological polar surface area (TPSA) is 21.3 Å². The lowest BCUT2D eigenvalue weighted by atomic mass is 10.1. The number of hydrogen-bond acceptors (Lipinski definition) is 2.